The van der Waals surface area contributed by atoms with Crippen LogP contribution in [0.1, 0.15) is 30.5 Å². The number of rotatable bonds is 6. The van der Waals surface area contributed by atoms with Crippen LogP contribution in [0.15, 0.2) is 57.6 Å². The fourth-order valence-electron chi connectivity index (χ4n) is 2.86. The van der Waals surface area contributed by atoms with Crippen LogP contribution in [0.3, 0.4) is 0 Å². The molecule has 3 rings (SSSR count). The van der Waals surface area contributed by atoms with Gasteiger partial charge in [-0.15, -0.1) is 0 Å². The zero-order valence-corrected chi connectivity index (χ0v) is 15.8. The molecular weight excluding hydrogens is 382 g/mol. The lowest BCUT2D eigenvalue weighted by Gasteiger charge is -2.17. The molecule has 2 aromatic carbocycles. The molecule has 1 atom stereocenters. The summed E-state index contributed by atoms with van der Waals surface area (Å²) in [6, 6.07) is 13.6. The van der Waals surface area contributed by atoms with Crippen molar-refractivity contribution in [3.63, 3.8) is 0 Å². The minimum absolute atomic E-state index is 0.00106. The molecule has 1 amide bonds. The number of carbonyl (C=O) groups is 1. The number of furan rings is 1. The number of hydrogen-bond donors (Lipinski definition) is 1. The molecule has 1 unspecified atom stereocenters. The number of halogens is 1. The van der Waals surface area contributed by atoms with Crippen LogP contribution < -0.4 is 10.1 Å². The van der Waals surface area contributed by atoms with Gasteiger partial charge in [-0.2, -0.15) is 0 Å². The second-order valence-corrected chi connectivity index (χ2v) is 6.80. The minimum atomic E-state index is -0.0201. The highest BCUT2D eigenvalue weighted by molar-refractivity contribution is 9.10. The van der Waals surface area contributed by atoms with Crippen molar-refractivity contribution in [3.8, 4) is 5.75 Å². The molecule has 0 aliphatic heterocycles. The van der Waals surface area contributed by atoms with Crippen molar-refractivity contribution in [1.82, 2.24) is 5.32 Å². The highest BCUT2D eigenvalue weighted by Crippen LogP contribution is 2.26. The minimum Gasteiger partial charge on any atom is -0.497 e. The normalized spacial score (nSPS) is 12.1. The number of fused-ring (bicyclic) bond motifs is 1. The second-order valence-electron chi connectivity index (χ2n) is 5.88. The molecule has 4 nitrogen and oxygen atoms in total. The Hall–Kier alpha value is -2.27. The molecule has 3 aromatic rings. The van der Waals surface area contributed by atoms with Crippen molar-refractivity contribution < 1.29 is 13.9 Å². The Labute approximate surface area is 155 Å². The molecule has 0 spiro atoms. The molecule has 0 saturated heterocycles. The predicted molar refractivity (Wildman–Crippen MR) is 102 cm³/mol. The Morgan fingerprint density at radius 2 is 2.00 bits per heavy atom. The van der Waals surface area contributed by atoms with Crippen molar-refractivity contribution >= 4 is 32.8 Å². The zero-order chi connectivity index (χ0) is 17.8. The van der Waals surface area contributed by atoms with Gasteiger partial charge in [0.15, 0.2) is 0 Å². The Morgan fingerprint density at radius 1 is 1.24 bits per heavy atom. The van der Waals surface area contributed by atoms with Crippen molar-refractivity contribution in [1.29, 1.82) is 0 Å². The van der Waals surface area contributed by atoms with Crippen LogP contribution in [-0.2, 0) is 11.2 Å². The van der Waals surface area contributed by atoms with E-state index in [2.05, 4.69) is 28.2 Å². The van der Waals surface area contributed by atoms with E-state index in [1.807, 2.05) is 42.5 Å². The van der Waals surface area contributed by atoms with Gasteiger partial charge < -0.3 is 14.5 Å². The Morgan fingerprint density at radius 3 is 2.68 bits per heavy atom. The number of carbonyl (C=O) groups excluding carboxylic acids is 1. The van der Waals surface area contributed by atoms with Crippen LogP contribution in [0.2, 0.25) is 0 Å². The van der Waals surface area contributed by atoms with Crippen LogP contribution in [0, 0.1) is 0 Å². The molecule has 0 aliphatic carbocycles. The summed E-state index contributed by atoms with van der Waals surface area (Å²) in [6.07, 6.45) is 2.76. The largest absolute Gasteiger partial charge is 0.497 e. The third-order valence-corrected chi connectivity index (χ3v) is 4.76. The molecule has 0 saturated carbocycles. The molecule has 25 heavy (non-hydrogen) atoms. The Balaban J connectivity index is 1.72. The quantitative estimate of drug-likeness (QED) is 0.631. The smallest absolute Gasteiger partial charge is 0.225 e. The number of benzene rings is 2. The number of methoxy groups -OCH3 is 1. The standard InChI is InChI=1S/C20H20BrNO3/c1-3-18(13-4-6-15(21)7-5-13)22-20(23)10-14-12-25-19-11-16(24-2)8-9-17(14)19/h4-9,11-12,18H,3,10H2,1-2H3,(H,22,23). The second kappa shape index (κ2) is 7.74. The van der Waals surface area contributed by atoms with Crippen molar-refractivity contribution in [3.05, 3.63) is 64.3 Å². The topological polar surface area (TPSA) is 51.5 Å². The average molecular weight is 402 g/mol. The highest BCUT2D eigenvalue weighted by Gasteiger charge is 2.15. The summed E-state index contributed by atoms with van der Waals surface area (Å²) >= 11 is 3.43. The van der Waals surface area contributed by atoms with E-state index < -0.39 is 0 Å². The third kappa shape index (κ3) is 4.04. The van der Waals surface area contributed by atoms with E-state index >= 15 is 0 Å². The van der Waals surface area contributed by atoms with Gasteiger partial charge in [0.2, 0.25) is 5.91 Å². The lowest BCUT2D eigenvalue weighted by atomic mass is 10.0. The summed E-state index contributed by atoms with van der Waals surface area (Å²) in [5.74, 6) is 0.715. The molecule has 0 bridgehead atoms. The summed E-state index contributed by atoms with van der Waals surface area (Å²) in [5.41, 5.74) is 2.70. The monoisotopic (exact) mass is 401 g/mol. The third-order valence-electron chi connectivity index (χ3n) is 4.23. The number of hydrogen-bond acceptors (Lipinski definition) is 3. The maximum absolute atomic E-state index is 12.5. The van der Waals surface area contributed by atoms with E-state index in [1.54, 1.807) is 13.4 Å². The predicted octanol–water partition coefficient (Wildman–Crippen LogP) is 5.01. The van der Waals surface area contributed by atoms with Crippen LogP contribution in [-0.4, -0.2) is 13.0 Å². The summed E-state index contributed by atoms with van der Waals surface area (Å²) < 4.78 is 11.8. The van der Waals surface area contributed by atoms with E-state index in [4.69, 9.17) is 9.15 Å². The van der Waals surface area contributed by atoms with Crippen LogP contribution in [0.4, 0.5) is 0 Å². The van der Waals surface area contributed by atoms with Crippen LogP contribution in [0.25, 0.3) is 11.0 Å². The van der Waals surface area contributed by atoms with Gasteiger partial charge in [0, 0.05) is 21.5 Å². The first kappa shape index (κ1) is 17.5. The molecule has 1 heterocycles. The van der Waals surface area contributed by atoms with E-state index in [1.165, 1.54) is 0 Å². The summed E-state index contributed by atoms with van der Waals surface area (Å²) in [5, 5.41) is 4.04. The lowest BCUT2D eigenvalue weighted by Crippen LogP contribution is -2.29. The molecule has 0 radical (unpaired) electrons. The maximum Gasteiger partial charge on any atom is 0.225 e. The molecule has 0 aliphatic rings. The summed E-state index contributed by atoms with van der Waals surface area (Å²) in [7, 11) is 1.62. The molecule has 5 heteroatoms. The van der Waals surface area contributed by atoms with Gasteiger partial charge in [0.1, 0.15) is 11.3 Å². The van der Waals surface area contributed by atoms with E-state index in [0.29, 0.717) is 0 Å². The van der Waals surface area contributed by atoms with Crippen molar-refractivity contribution in [2.75, 3.05) is 7.11 Å². The highest BCUT2D eigenvalue weighted by atomic mass is 79.9. The Kier molecular flexibility index (Phi) is 5.43. The maximum atomic E-state index is 12.5. The fraction of sp³-hybridized carbons (Fsp3) is 0.250. The van der Waals surface area contributed by atoms with Gasteiger partial charge in [-0.25, -0.2) is 0 Å². The number of ether oxygens (including phenoxy) is 1. The van der Waals surface area contributed by atoms with Crippen LogP contribution in [0.5, 0.6) is 5.75 Å². The van der Waals surface area contributed by atoms with Gasteiger partial charge >= 0.3 is 0 Å². The molecule has 1 aromatic heterocycles. The first-order valence-corrected chi connectivity index (χ1v) is 8.99. The summed E-state index contributed by atoms with van der Waals surface area (Å²) in [4.78, 5) is 12.5. The number of nitrogens with one attached hydrogen (secondary N) is 1. The molecule has 130 valence electrons. The first-order chi connectivity index (χ1) is 12.1. The van der Waals surface area contributed by atoms with Gasteiger partial charge in [0.25, 0.3) is 0 Å². The van der Waals surface area contributed by atoms with Gasteiger partial charge in [-0.1, -0.05) is 35.0 Å². The van der Waals surface area contributed by atoms with E-state index in [0.717, 1.165) is 38.7 Å². The van der Waals surface area contributed by atoms with Crippen molar-refractivity contribution in [2.24, 2.45) is 0 Å². The van der Waals surface area contributed by atoms with Crippen molar-refractivity contribution in [2.45, 2.75) is 25.8 Å². The molecular formula is C20H20BrNO3. The summed E-state index contributed by atoms with van der Waals surface area (Å²) in [6.45, 7) is 2.06. The molecule has 0 fully saturated rings. The SMILES string of the molecule is CCC(NC(=O)Cc1coc2cc(OC)ccc12)c1ccc(Br)cc1. The van der Waals surface area contributed by atoms with Gasteiger partial charge in [0.05, 0.1) is 25.8 Å². The zero-order valence-electron chi connectivity index (χ0n) is 14.2. The van der Waals surface area contributed by atoms with Crippen LogP contribution >= 0.6 is 15.9 Å². The van der Waals surface area contributed by atoms with Gasteiger partial charge in [-0.3, -0.25) is 4.79 Å². The average Bonchev–Trinajstić information content (AvgIpc) is 3.02. The lowest BCUT2D eigenvalue weighted by molar-refractivity contribution is -0.121. The van der Waals surface area contributed by atoms with Gasteiger partial charge in [-0.05, 0) is 36.2 Å². The first-order valence-electron chi connectivity index (χ1n) is 8.19. The molecule has 1 N–H and O–H groups in total. The number of amides is 1. The van der Waals surface area contributed by atoms with E-state index in [-0.39, 0.29) is 18.4 Å². The Bertz CT molecular complexity index is 870. The van der Waals surface area contributed by atoms with E-state index in [9.17, 15) is 4.79 Å². The fourth-order valence-corrected chi connectivity index (χ4v) is 3.13.